The molecule has 6 rings (SSSR count). The van der Waals surface area contributed by atoms with Crippen molar-refractivity contribution in [2.24, 2.45) is 0 Å². The van der Waals surface area contributed by atoms with Crippen LogP contribution in [0.25, 0.3) is 43.8 Å². The zero-order valence-corrected chi connectivity index (χ0v) is 18.4. The molecule has 7 heteroatoms. The highest BCUT2D eigenvalue weighted by Gasteiger charge is 2.17. The number of furan rings is 1. The van der Waals surface area contributed by atoms with Crippen LogP contribution in [-0.2, 0) is 0 Å². The van der Waals surface area contributed by atoms with Gasteiger partial charge in [-0.05, 0) is 30.3 Å². The van der Waals surface area contributed by atoms with Crippen LogP contribution in [0, 0.1) is 0 Å². The van der Waals surface area contributed by atoms with E-state index in [2.05, 4.69) is 4.98 Å². The standard InChI is InChI=1S/C27H15NO5S/c29-26-20(25-28-21(15-34-25)16-6-2-1-3-7-16)12-18-10-11-19(14-23(18)33-26)31-27(30)24-13-17-8-4-5-9-22(17)32-24/h1-15H. The summed E-state index contributed by atoms with van der Waals surface area (Å²) in [5.41, 5.74) is 2.56. The van der Waals surface area contributed by atoms with Crippen LogP contribution in [0.1, 0.15) is 10.6 Å². The van der Waals surface area contributed by atoms with Crippen molar-refractivity contribution >= 4 is 39.2 Å². The SMILES string of the molecule is O=C(Oc1ccc2cc(-c3nc(-c4ccccc4)cs3)c(=O)oc2c1)c1cc2ccccc2o1. The maximum Gasteiger partial charge on any atom is 0.379 e. The van der Waals surface area contributed by atoms with Gasteiger partial charge in [-0.3, -0.25) is 0 Å². The van der Waals surface area contributed by atoms with Crippen LogP contribution in [-0.4, -0.2) is 11.0 Å². The van der Waals surface area contributed by atoms with Gasteiger partial charge in [0.15, 0.2) is 0 Å². The lowest BCUT2D eigenvalue weighted by atomic mass is 10.1. The van der Waals surface area contributed by atoms with Crippen molar-refractivity contribution in [3.05, 3.63) is 106 Å². The van der Waals surface area contributed by atoms with Crippen molar-refractivity contribution in [3.63, 3.8) is 0 Å². The Balaban J connectivity index is 1.29. The molecule has 0 N–H and O–H groups in total. The van der Waals surface area contributed by atoms with Crippen LogP contribution in [0.5, 0.6) is 5.75 Å². The molecular formula is C27H15NO5S. The lowest BCUT2D eigenvalue weighted by molar-refractivity contribution is 0.0704. The molecule has 0 saturated carbocycles. The van der Waals surface area contributed by atoms with Gasteiger partial charge in [-0.1, -0.05) is 48.5 Å². The zero-order chi connectivity index (χ0) is 23.1. The van der Waals surface area contributed by atoms with Gasteiger partial charge in [0.1, 0.15) is 21.9 Å². The minimum Gasteiger partial charge on any atom is -0.449 e. The third-order valence-electron chi connectivity index (χ3n) is 5.35. The van der Waals surface area contributed by atoms with Crippen molar-refractivity contribution in [2.45, 2.75) is 0 Å². The molecule has 0 aliphatic heterocycles. The van der Waals surface area contributed by atoms with Gasteiger partial charge in [0.2, 0.25) is 5.76 Å². The highest BCUT2D eigenvalue weighted by molar-refractivity contribution is 7.13. The summed E-state index contributed by atoms with van der Waals surface area (Å²) in [5, 5.41) is 3.99. The van der Waals surface area contributed by atoms with Crippen molar-refractivity contribution in [2.75, 3.05) is 0 Å². The van der Waals surface area contributed by atoms with E-state index in [-0.39, 0.29) is 11.5 Å². The molecule has 34 heavy (non-hydrogen) atoms. The Morgan fingerprint density at radius 2 is 1.62 bits per heavy atom. The summed E-state index contributed by atoms with van der Waals surface area (Å²) in [6.07, 6.45) is 0. The van der Waals surface area contributed by atoms with E-state index in [1.165, 1.54) is 17.4 Å². The second-order valence-electron chi connectivity index (χ2n) is 7.59. The molecule has 0 atom stereocenters. The monoisotopic (exact) mass is 465 g/mol. The number of ether oxygens (including phenoxy) is 1. The quantitative estimate of drug-likeness (QED) is 0.167. The number of hydrogen-bond donors (Lipinski definition) is 0. The number of rotatable bonds is 4. The van der Waals surface area contributed by atoms with Crippen LogP contribution in [0.2, 0.25) is 0 Å². The van der Waals surface area contributed by atoms with E-state index < -0.39 is 11.6 Å². The van der Waals surface area contributed by atoms with Crippen LogP contribution >= 0.6 is 11.3 Å². The number of thiazole rings is 1. The molecule has 0 aliphatic rings. The molecule has 3 aromatic carbocycles. The Kier molecular flexibility index (Phi) is 4.82. The molecule has 164 valence electrons. The van der Waals surface area contributed by atoms with Gasteiger partial charge in [-0.25, -0.2) is 14.6 Å². The predicted octanol–water partition coefficient (Wildman–Crippen LogP) is 6.55. The minimum atomic E-state index is -0.634. The number of benzene rings is 3. The third kappa shape index (κ3) is 3.68. The van der Waals surface area contributed by atoms with E-state index in [4.69, 9.17) is 13.6 Å². The predicted molar refractivity (Wildman–Crippen MR) is 130 cm³/mol. The van der Waals surface area contributed by atoms with E-state index in [1.807, 2.05) is 53.9 Å². The van der Waals surface area contributed by atoms with Gasteiger partial charge in [0.25, 0.3) is 0 Å². The summed E-state index contributed by atoms with van der Waals surface area (Å²) in [7, 11) is 0. The first-order valence-electron chi connectivity index (χ1n) is 10.4. The molecule has 0 bridgehead atoms. The molecule has 0 aliphatic carbocycles. The van der Waals surface area contributed by atoms with Crippen LogP contribution in [0.4, 0.5) is 0 Å². The van der Waals surface area contributed by atoms with Crippen molar-refractivity contribution in [1.29, 1.82) is 0 Å². The summed E-state index contributed by atoms with van der Waals surface area (Å²) in [5.74, 6) is -0.295. The molecule has 3 heterocycles. The van der Waals surface area contributed by atoms with Gasteiger partial charge < -0.3 is 13.6 Å². The first-order valence-corrected chi connectivity index (χ1v) is 11.3. The average Bonchev–Trinajstić information content (AvgIpc) is 3.52. The van der Waals surface area contributed by atoms with Gasteiger partial charge in [0, 0.05) is 27.8 Å². The summed E-state index contributed by atoms with van der Waals surface area (Å²) in [6, 6.07) is 25.3. The molecule has 3 aromatic heterocycles. The largest absolute Gasteiger partial charge is 0.449 e. The molecule has 0 radical (unpaired) electrons. The lowest BCUT2D eigenvalue weighted by Gasteiger charge is -2.04. The number of aromatic nitrogens is 1. The van der Waals surface area contributed by atoms with Gasteiger partial charge >= 0.3 is 11.6 Å². The summed E-state index contributed by atoms with van der Waals surface area (Å²) in [4.78, 5) is 29.8. The fourth-order valence-corrected chi connectivity index (χ4v) is 4.52. The number of nitrogens with zero attached hydrogens (tertiary/aromatic N) is 1. The van der Waals surface area contributed by atoms with Crippen molar-refractivity contribution in [3.8, 4) is 27.6 Å². The summed E-state index contributed by atoms with van der Waals surface area (Å²) >= 11 is 1.38. The Hall–Kier alpha value is -4.49. The molecular weight excluding hydrogens is 450 g/mol. The number of carbonyl (C=O) groups is 1. The van der Waals surface area contributed by atoms with Gasteiger partial charge in [0.05, 0.1) is 11.3 Å². The Bertz CT molecular complexity index is 1700. The second kappa shape index (κ2) is 8.13. The topological polar surface area (TPSA) is 82.5 Å². The Morgan fingerprint density at radius 1 is 0.824 bits per heavy atom. The van der Waals surface area contributed by atoms with Gasteiger partial charge in [-0.15, -0.1) is 11.3 Å². The molecule has 0 fully saturated rings. The highest BCUT2D eigenvalue weighted by Crippen LogP contribution is 2.30. The smallest absolute Gasteiger partial charge is 0.379 e. The molecule has 0 amide bonds. The minimum absolute atomic E-state index is 0.0936. The first-order chi connectivity index (χ1) is 16.6. The van der Waals surface area contributed by atoms with E-state index in [0.29, 0.717) is 27.1 Å². The van der Waals surface area contributed by atoms with Crippen LogP contribution in [0.3, 0.4) is 0 Å². The van der Waals surface area contributed by atoms with Crippen molar-refractivity contribution in [1.82, 2.24) is 4.98 Å². The highest BCUT2D eigenvalue weighted by atomic mass is 32.1. The number of carbonyl (C=O) groups excluding carboxylic acids is 1. The number of fused-ring (bicyclic) bond motifs is 2. The van der Waals surface area contributed by atoms with Crippen molar-refractivity contribution < 1.29 is 18.4 Å². The maximum atomic E-state index is 12.7. The zero-order valence-electron chi connectivity index (χ0n) is 17.6. The van der Waals surface area contributed by atoms with E-state index >= 15 is 0 Å². The second-order valence-corrected chi connectivity index (χ2v) is 8.45. The molecule has 6 aromatic rings. The number of esters is 1. The molecule has 0 spiro atoms. The average molecular weight is 465 g/mol. The molecule has 6 nitrogen and oxygen atoms in total. The summed E-state index contributed by atoms with van der Waals surface area (Å²) in [6.45, 7) is 0. The maximum absolute atomic E-state index is 12.7. The molecule has 0 unspecified atom stereocenters. The fraction of sp³-hybridized carbons (Fsp3) is 0. The van der Waals surface area contributed by atoms with Crippen LogP contribution in [0.15, 0.2) is 104 Å². The van der Waals surface area contributed by atoms with E-state index in [0.717, 1.165) is 16.6 Å². The Labute approximate surface area is 196 Å². The number of hydrogen-bond acceptors (Lipinski definition) is 7. The van der Waals surface area contributed by atoms with E-state index in [9.17, 15) is 9.59 Å². The van der Waals surface area contributed by atoms with E-state index in [1.54, 1.807) is 30.3 Å². The summed E-state index contributed by atoms with van der Waals surface area (Å²) < 4.78 is 16.5. The first kappa shape index (κ1) is 20.1. The van der Waals surface area contributed by atoms with Gasteiger partial charge in [-0.2, -0.15) is 0 Å². The fourth-order valence-electron chi connectivity index (χ4n) is 3.68. The lowest BCUT2D eigenvalue weighted by Crippen LogP contribution is -2.07. The molecule has 0 saturated heterocycles. The Morgan fingerprint density at radius 3 is 2.47 bits per heavy atom. The number of para-hydroxylation sites is 1. The normalized spacial score (nSPS) is 11.2. The van der Waals surface area contributed by atoms with Crippen LogP contribution < -0.4 is 10.4 Å². The third-order valence-corrected chi connectivity index (χ3v) is 6.22.